The number of fused-ring (bicyclic) bond motifs is 1. The molecule has 0 radical (unpaired) electrons. The molecule has 2 aromatic heterocycles. The summed E-state index contributed by atoms with van der Waals surface area (Å²) >= 11 is 1.66. The molecule has 0 aliphatic heterocycles. The fourth-order valence-corrected chi connectivity index (χ4v) is 2.97. The molecule has 0 spiro atoms. The van der Waals surface area contributed by atoms with Crippen molar-refractivity contribution in [2.45, 2.75) is 25.8 Å². The number of aliphatic hydroxyl groups excluding tert-OH is 1. The van der Waals surface area contributed by atoms with E-state index in [1.54, 1.807) is 11.3 Å². The van der Waals surface area contributed by atoms with Crippen molar-refractivity contribution in [1.29, 1.82) is 0 Å². The number of hydrogen-bond acceptors (Lipinski definition) is 4. The summed E-state index contributed by atoms with van der Waals surface area (Å²) in [7, 11) is 0. The average molecular weight is 251 g/mol. The fourth-order valence-electron chi connectivity index (χ4n) is 2.25. The van der Waals surface area contributed by atoms with E-state index in [9.17, 15) is 0 Å². The van der Waals surface area contributed by atoms with Crippen LogP contribution in [0.3, 0.4) is 0 Å². The van der Waals surface area contributed by atoms with Crippen LogP contribution in [0.1, 0.15) is 25.0 Å². The largest absolute Gasteiger partial charge is 0.396 e. The van der Waals surface area contributed by atoms with E-state index in [1.165, 1.54) is 12.8 Å². The van der Waals surface area contributed by atoms with Gasteiger partial charge in [-0.05, 0) is 24.7 Å². The van der Waals surface area contributed by atoms with Crippen molar-refractivity contribution in [2.75, 3.05) is 13.2 Å². The summed E-state index contributed by atoms with van der Waals surface area (Å²) in [5, 5.41) is 14.5. The van der Waals surface area contributed by atoms with Gasteiger partial charge in [-0.3, -0.25) is 4.40 Å². The topological polar surface area (TPSA) is 49.6 Å². The Morgan fingerprint density at radius 2 is 2.41 bits per heavy atom. The summed E-state index contributed by atoms with van der Waals surface area (Å²) in [5.41, 5.74) is 1.47. The third-order valence-electron chi connectivity index (χ3n) is 3.55. The van der Waals surface area contributed by atoms with Gasteiger partial charge < -0.3 is 10.4 Å². The second-order valence-electron chi connectivity index (χ2n) is 4.90. The van der Waals surface area contributed by atoms with Gasteiger partial charge in [0.2, 0.25) is 0 Å². The van der Waals surface area contributed by atoms with Gasteiger partial charge >= 0.3 is 0 Å². The van der Waals surface area contributed by atoms with E-state index in [2.05, 4.69) is 20.9 Å². The summed E-state index contributed by atoms with van der Waals surface area (Å²) in [4.78, 5) is 5.58. The number of aliphatic hydroxyl groups is 1. The van der Waals surface area contributed by atoms with Gasteiger partial charge in [-0.2, -0.15) is 0 Å². The Labute approximate surface area is 104 Å². The van der Waals surface area contributed by atoms with Crippen molar-refractivity contribution in [3.63, 3.8) is 0 Å². The Morgan fingerprint density at radius 3 is 3.12 bits per heavy atom. The number of rotatable bonds is 6. The van der Waals surface area contributed by atoms with E-state index >= 15 is 0 Å². The van der Waals surface area contributed by atoms with E-state index in [4.69, 9.17) is 5.11 Å². The monoisotopic (exact) mass is 251 g/mol. The van der Waals surface area contributed by atoms with Crippen LogP contribution in [0.15, 0.2) is 17.8 Å². The van der Waals surface area contributed by atoms with Crippen LogP contribution >= 0.6 is 11.3 Å². The zero-order valence-electron chi connectivity index (χ0n) is 9.72. The molecular weight excluding hydrogens is 234 g/mol. The number of nitrogens with zero attached hydrogens (tertiary/aromatic N) is 2. The van der Waals surface area contributed by atoms with Gasteiger partial charge in [0.25, 0.3) is 0 Å². The second kappa shape index (κ2) is 4.40. The zero-order valence-corrected chi connectivity index (χ0v) is 10.5. The standard InChI is InChI=1S/C12H17N3OS/c16-5-3-12(1-2-12)9-13-7-10-8-15-4-6-17-11(15)14-10/h4,6,8,13,16H,1-3,5,7,9H2. The van der Waals surface area contributed by atoms with Gasteiger partial charge in [0.15, 0.2) is 4.96 Å². The molecule has 1 saturated carbocycles. The molecule has 1 aliphatic rings. The third kappa shape index (κ3) is 2.36. The number of aromatic nitrogens is 2. The predicted octanol–water partition coefficient (Wildman–Crippen LogP) is 1.65. The van der Waals surface area contributed by atoms with E-state index in [0.29, 0.717) is 12.0 Å². The van der Waals surface area contributed by atoms with Crippen LogP contribution in [0.4, 0.5) is 0 Å². The summed E-state index contributed by atoms with van der Waals surface area (Å²) in [5.74, 6) is 0. The smallest absolute Gasteiger partial charge is 0.193 e. The van der Waals surface area contributed by atoms with Crippen molar-refractivity contribution in [3.8, 4) is 0 Å². The number of imidazole rings is 1. The number of hydrogen-bond donors (Lipinski definition) is 2. The van der Waals surface area contributed by atoms with Crippen molar-refractivity contribution < 1.29 is 5.11 Å². The van der Waals surface area contributed by atoms with Crippen LogP contribution < -0.4 is 5.32 Å². The van der Waals surface area contributed by atoms with E-state index in [-0.39, 0.29) is 0 Å². The first-order valence-corrected chi connectivity index (χ1v) is 6.92. The Hall–Kier alpha value is -0.910. The van der Waals surface area contributed by atoms with Gasteiger partial charge in [0.1, 0.15) is 0 Å². The Kier molecular flexibility index (Phi) is 2.90. The third-order valence-corrected chi connectivity index (χ3v) is 4.32. The molecule has 0 saturated heterocycles. The number of thiazole rings is 1. The van der Waals surface area contributed by atoms with Crippen molar-refractivity contribution >= 4 is 16.3 Å². The minimum absolute atomic E-state index is 0.307. The molecule has 0 aromatic carbocycles. The molecule has 92 valence electrons. The molecule has 17 heavy (non-hydrogen) atoms. The van der Waals surface area contributed by atoms with Gasteiger partial charge in [0.05, 0.1) is 5.69 Å². The van der Waals surface area contributed by atoms with E-state index in [1.807, 2.05) is 11.6 Å². The highest BCUT2D eigenvalue weighted by Gasteiger charge is 2.41. The van der Waals surface area contributed by atoms with Gasteiger partial charge in [0, 0.05) is 37.5 Å². The van der Waals surface area contributed by atoms with Crippen molar-refractivity contribution in [3.05, 3.63) is 23.5 Å². The molecule has 0 bridgehead atoms. The lowest BCUT2D eigenvalue weighted by molar-refractivity contribution is 0.245. The van der Waals surface area contributed by atoms with Crippen molar-refractivity contribution in [2.24, 2.45) is 5.41 Å². The number of nitrogens with one attached hydrogen (secondary N) is 1. The second-order valence-corrected chi connectivity index (χ2v) is 5.78. The average Bonchev–Trinajstić information content (AvgIpc) is 2.75. The molecule has 0 amide bonds. The first-order valence-electron chi connectivity index (χ1n) is 6.04. The Bertz CT molecular complexity index is 472. The van der Waals surface area contributed by atoms with Gasteiger partial charge in [-0.15, -0.1) is 11.3 Å². The predicted molar refractivity (Wildman–Crippen MR) is 68.1 cm³/mol. The SMILES string of the molecule is OCCC1(CNCc2cn3ccsc3n2)CC1. The molecule has 2 N–H and O–H groups in total. The molecule has 0 unspecified atom stereocenters. The molecule has 3 rings (SSSR count). The quantitative estimate of drug-likeness (QED) is 0.820. The minimum atomic E-state index is 0.307. The molecule has 5 heteroatoms. The molecule has 1 aliphatic carbocycles. The first-order chi connectivity index (χ1) is 8.31. The summed E-state index contributed by atoms with van der Waals surface area (Å²) in [6.07, 6.45) is 7.53. The lowest BCUT2D eigenvalue weighted by atomic mass is 10.0. The summed E-state index contributed by atoms with van der Waals surface area (Å²) < 4.78 is 2.06. The Morgan fingerprint density at radius 1 is 1.53 bits per heavy atom. The molecule has 2 heterocycles. The molecular formula is C12H17N3OS. The van der Waals surface area contributed by atoms with Crippen LogP contribution in [0, 0.1) is 5.41 Å². The normalized spacial score (nSPS) is 17.7. The molecule has 2 aromatic rings. The maximum absolute atomic E-state index is 8.98. The highest BCUT2D eigenvalue weighted by atomic mass is 32.1. The maximum Gasteiger partial charge on any atom is 0.193 e. The van der Waals surface area contributed by atoms with Crippen LogP contribution in [0.5, 0.6) is 0 Å². The maximum atomic E-state index is 8.98. The highest BCUT2D eigenvalue weighted by molar-refractivity contribution is 7.15. The highest BCUT2D eigenvalue weighted by Crippen LogP contribution is 2.47. The van der Waals surface area contributed by atoms with E-state index < -0.39 is 0 Å². The fraction of sp³-hybridized carbons (Fsp3) is 0.583. The lowest BCUT2D eigenvalue weighted by Gasteiger charge is -2.13. The summed E-state index contributed by atoms with van der Waals surface area (Å²) in [6.45, 7) is 2.13. The minimum Gasteiger partial charge on any atom is -0.396 e. The van der Waals surface area contributed by atoms with Crippen LogP contribution in [-0.4, -0.2) is 27.6 Å². The van der Waals surface area contributed by atoms with E-state index in [0.717, 1.165) is 30.2 Å². The molecule has 1 fully saturated rings. The van der Waals surface area contributed by atoms with Crippen LogP contribution in [0.2, 0.25) is 0 Å². The Balaban J connectivity index is 1.53. The zero-order chi connectivity index (χ0) is 11.7. The molecule has 0 atom stereocenters. The van der Waals surface area contributed by atoms with Crippen LogP contribution in [0.25, 0.3) is 4.96 Å². The van der Waals surface area contributed by atoms with Gasteiger partial charge in [-0.25, -0.2) is 4.98 Å². The van der Waals surface area contributed by atoms with Crippen molar-refractivity contribution in [1.82, 2.24) is 14.7 Å². The van der Waals surface area contributed by atoms with Crippen LogP contribution in [-0.2, 0) is 6.54 Å². The van der Waals surface area contributed by atoms with Gasteiger partial charge in [-0.1, -0.05) is 0 Å². The lowest BCUT2D eigenvalue weighted by Crippen LogP contribution is -2.24. The summed E-state index contributed by atoms with van der Waals surface area (Å²) in [6, 6.07) is 0. The first kappa shape index (κ1) is 11.2. The molecule has 4 nitrogen and oxygen atoms in total.